The molecular weight excluding hydrogens is 385 g/mol. The molecule has 1 aliphatic rings. The highest BCUT2D eigenvalue weighted by Crippen LogP contribution is 2.44. The van der Waals surface area contributed by atoms with Crippen LogP contribution in [0.2, 0.25) is 0 Å². The summed E-state index contributed by atoms with van der Waals surface area (Å²) >= 11 is 6.29. The fourth-order valence-corrected chi connectivity index (χ4v) is 5.45. The molecule has 0 bridgehead atoms. The van der Waals surface area contributed by atoms with Crippen LogP contribution in [0.15, 0.2) is 33.9 Å². The second kappa shape index (κ2) is 5.66. The molecule has 1 aromatic heterocycles. The van der Waals surface area contributed by atoms with E-state index in [1.54, 1.807) is 0 Å². The van der Waals surface area contributed by atoms with Gasteiger partial charge >= 0.3 is 0 Å². The fraction of sp³-hybridized carbons (Fsp3) is 0.333. The van der Waals surface area contributed by atoms with Crippen molar-refractivity contribution in [1.29, 1.82) is 0 Å². The molecule has 0 saturated heterocycles. The lowest BCUT2D eigenvalue weighted by Crippen LogP contribution is -2.19. The molecule has 0 saturated carbocycles. The van der Waals surface area contributed by atoms with Crippen LogP contribution < -0.4 is 5.32 Å². The average molecular weight is 401 g/mol. The van der Waals surface area contributed by atoms with Crippen molar-refractivity contribution in [3.63, 3.8) is 0 Å². The van der Waals surface area contributed by atoms with Gasteiger partial charge in [-0.25, -0.2) is 0 Å². The smallest absolute Gasteiger partial charge is 0.0653 e. The average Bonchev–Trinajstić information content (AvgIpc) is 2.82. The minimum atomic E-state index is 0.455. The molecule has 1 N–H and O–H groups in total. The van der Waals surface area contributed by atoms with Gasteiger partial charge in [-0.1, -0.05) is 13.0 Å². The minimum Gasteiger partial charge on any atom is -0.378 e. The highest BCUT2D eigenvalue weighted by Gasteiger charge is 2.26. The van der Waals surface area contributed by atoms with E-state index in [1.807, 2.05) is 23.1 Å². The summed E-state index contributed by atoms with van der Waals surface area (Å²) in [6.07, 6.45) is 1.19. The summed E-state index contributed by atoms with van der Waals surface area (Å²) in [5.74, 6) is 0. The van der Waals surface area contributed by atoms with E-state index in [-0.39, 0.29) is 0 Å². The van der Waals surface area contributed by atoms with Crippen molar-refractivity contribution >= 4 is 51.4 Å². The first-order valence-corrected chi connectivity index (χ1v) is 9.24. The Kier molecular flexibility index (Phi) is 4.10. The number of halogens is 1. The summed E-state index contributed by atoms with van der Waals surface area (Å²) in [6, 6.07) is 9.36. The molecule has 2 atom stereocenters. The van der Waals surface area contributed by atoms with Crippen molar-refractivity contribution in [3.05, 3.63) is 44.3 Å². The van der Waals surface area contributed by atoms with E-state index in [1.165, 1.54) is 31.0 Å². The van der Waals surface area contributed by atoms with E-state index < -0.39 is 0 Å². The minimum absolute atomic E-state index is 0.455. The molecule has 3 rings (SSSR count). The Morgan fingerprint density at radius 3 is 2.95 bits per heavy atom. The van der Waals surface area contributed by atoms with E-state index in [0.29, 0.717) is 11.3 Å². The summed E-state index contributed by atoms with van der Waals surface area (Å²) in [7, 11) is 0. The van der Waals surface area contributed by atoms with Gasteiger partial charge in [-0.05, 0) is 70.6 Å². The molecule has 0 spiro atoms. The Balaban J connectivity index is 1.86. The van der Waals surface area contributed by atoms with Gasteiger partial charge in [-0.3, -0.25) is 0 Å². The van der Waals surface area contributed by atoms with E-state index in [9.17, 15) is 0 Å². The summed E-state index contributed by atoms with van der Waals surface area (Å²) in [5, 5.41) is 6.61. The van der Waals surface area contributed by atoms with Gasteiger partial charge in [0, 0.05) is 14.5 Å². The Morgan fingerprint density at radius 1 is 1.32 bits per heavy atom. The number of anilines is 1. The molecule has 0 fully saturated rings. The number of thiophene rings is 1. The second-order valence-corrected chi connectivity index (χ2v) is 8.77. The first-order chi connectivity index (χ1) is 9.13. The summed E-state index contributed by atoms with van der Waals surface area (Å²) in [4.78, 5) is 0. The Bertz CT molecular complexity index is 594. The third-order valence-corrected chi connectivity index (χ3v) is 6.93. The number of hydrogen-bond donors (Lipinski definition) is 1. The predicted molar refractivity (Wildman–Crippen MR) is 94.5 cm³/mol. The largest absolute Gasteiger partial charge is 0.378 e. The Morgan fingerprint density at radius 2 is 2.16 bits per heavy atom. The quantitative estimate of drug-likeness (QED) is 0.648. The maximum Gasteiger partial charge on any atom is 0.0653 e. The number of nitrogens with one attached hydrogen (secondary N) is 1. The van der Waals surface area contributed by atoms with Crippen molar-refractivity contribution in [2.24, 2.45) is 0 Å². The first-order valence-electron chi connectivity index (χ1n) is 6.40. The summed E-state index contributed by atoms with van der Waals surface area (Å²) in [6.45, 7) is 4.47. The van der Waals surface area contributed by atoms with E-state index >= 15 is 0 Å². The van der Waals surface area contributed by atoms with Crippen LogP contribution in [0.3, 0.4) is 0 Å². The molecular formula is C15H16INS2. The highest BCUT2D eigenvalue weighted by atomic mass is 127. The molecule has 2 aromatic rings. The van der Waals surface area contributed by atoms with Crippen molar-refractivity contribution in [2.75, 3.05) is 5.32 Å². The molecule has 19 heavy (non-hydrogen) atoms. The molecule has 0 aliphatic carbocycles. The van der Waals surface area contributed by atoms with Crippen LogP contribution in [0, 0.1) is 10.5 Å². The van der Waals surface area contributed by atoms with Gasteiger partial charge in [0.25, 0.3) is 0 Å². The van der Waals surface area contributed by atoms with Gasteiger partial charge in [-0.2, -0.15) is 0 Å². The van der Waals surface area contributed by atoms with Gasteiger partial charge in [0.05, 0.1) is 10.3 Å². The number of thioether (sulfide) groups is 1. The predicted octanol–water partition coefficient (Wildman–Crippen LogP) is 5.70. The van der Waals surface area contributed by atoms with Gasteiger partial charge in [-0.15, -0.1) is 23.1 Å². The standard InChI is InChI=1S/C15H16INS2/c1-9-3-4-11(8-13(9)16)17-14-7-10(2)19-15-12(14)5-6-18-15/h3-6,8,10,14,17H,7H2,1-2H3/t10-,14?/m0/s1. The Labute approximate surface area is 136 Å². The van der Waals surface area contributed by atoms with Crippen LogP contribution in [0.5, 0.6) is 0 Å². The van der Waals surface area contributed by atoms with Crippen LogP contribution in [0.1, 0.15) is 30.5 Å². The normalized spacial score (nSPS) is 22.1. The zero-order valence-corrected chi connectivity index (χ0v) is 14.7. The van der Waals surface area contributed by atoms with Crippen LogP contribution in [0.4, 0.5) is 5.69 Å². The van der Waals surface area contributed by atoms with Gasteiger partial charge in [0.2, 0.25) is 0 Å². The third kappa shape index (κ3) is 2.95. The van der Waals surface area contributed by atoms with Crippen molar-refractivity contribution in [1.82, 2.24) is 0 Å². The van der Waals surface area contributed by atoms with E-state index in [4.69, 9.17) is 0 Å². The maximum absolute atomic E-state index is 3.71. The van der Waals surface area contributed by atoms with Gasteiger partial charge in [0.1, 0.15) is 0 Å². The second-order valence-electron chi connectivity index (χ2n) is 4.99. The SMILES string of the molecule is Cc1ccc(NC2C[C@H](C)Sc3sccc32)cc1I. The lowest BCUT2D eigenvalue weighted by Gasteiger charge is -2.28. The molecule has 1 unspecified atom stereocenters. The topological polar surface area (TPSA) is 12.0 Å². The maximum atomic E-state index is 3.71. The first kappa shape index (κ1) is 13.8. The molecule has 1 aromatic carbocycles. The number of rotatable bonds is 2. The molecule has 1 aliphatic heterocycles. The summed E-state index contributed by atoms with van der Waals surface area (Å²) in [5.41, 5.74) is 4.05. The van der Waals surface area contributed by atoms with Crippen LogP contribution in [0.25, 0.3) is 0 Å². The molecule has 2 heterocycles. The third-order valence-electron chi connectivity index (χ3n) is 3.42. The number of benzene rings is 1. The number of aryl methyl sites for hydroxylation is 1. The van der Waals surface area contributed by atoms with E-state index in [0.717, 1.165) is 0 Å². The fourth-order valence-electron chi connectivity index (χ4n) is 2.37. The van der Waals surface area contributed by atoms with Crippen LogP contribution in [-0.2, 0) is 0 Å². The van der Waals surface area contributed by atoms with Crippen molar-refractivity contribution < 1.29 is 0 Å². The van der Waals surface area contributed by atoms with E-state index in [2.05, 4.69) is 71.4 Å². The van der Waals surface area contributed by atoms with Crippen molar-refractivity contribution in [2.45, 2.75) is 35.8 Å². The lowest BCUT2D eigenvalue weighted by atomic mass is 10.0. The Hall–Kier alpha value is -0.200. The molecule has 0 amide bonds. The van der Waals surface area contributed by atoms with Gasteiger partial charge < -0.3 is 5.32 Å². The molecule has 1 nitrogen and oxygen atoms in total. The zero-order valence-electron chi connectivity index (χ0n) is 10.9. The molecule has 100 valence electrons. The molecule has 4 heteroatoms. The number of hydrogen-bond acceptors (Lipinski definition) is 3. The van der Waals surface area contributed by atoms with Crippen molar-refractivity contribution in [3.8, 4) is 0 Å². The number of fused-ring (bicyclic) bond motifs is 1. The summed E-state index contributed by atoms with van der Waals surface area (Å²) < 4.78 is 2.81. The zero-order chi connectivity index (χ0) is 13.4. The van der Waals surface area contributed by atoms with Gasteiger partial charge in [0.15, 0.2) is 0 Å². The van der Waals surface area contributed by atoms with Crippen LogP contribution in [-0.4, -0.2) is 5.25 Å². The monoisotopic (exact) mass is 401 g/mol. The van der Waals surface area contributed by atoms with Crippen LogP contribution >= 0.6 is 45.7 Å². The lowest BCUT2D eigenvalue weighted by molar-refractivity contribution is 0.670. The molecule has 0 radical (unpaired) electrons. The highest BCUT2D eigenvalue weighted by molar-refractivity contribution is 14.1.